The van der Waals surface area contributed by atoms with Crippen LogP contribution in [0.15, 0.2) is 6.20 Å². The third-order valence-electron chi connectivity index (χ3n) is 1.98. The van der Waals surface area contributed by atoms with Crippen LogP contribution in [-0.4, -0.2) is 15.6 Å². The summed E-state index contributed by atoms with van der Waals surface area (Å²) in [4.78, 5) is 14.6. The second-order valence-electron chi connectivity index (χ2n) is 2.74. The van der Waals surface area contributed by atoms with Crippen molar-refractivity contribution in [1.82, 2.24) is 9.78 Å². The van der Waals surface area contributed by atoms with Crippen LogP contribution in [0, 0.1) is 6.57 Å². The third-order valence-corrected chi connectivity index (χ3v) is 1.98. The molecule has 12 heavy (non-hydrogen) atoms. The van der Waals surface area contributed by atoms with Gasteiger partial charge in [-0.05, 0) is 6.42 Å². The average Bonchev–Trinajstić information content (AvgIpc) is 2.49. The molecule has 0 aromatic carbocycles. The van der Waals surface area contributed by atoms with Crippen molar-refractivity contribution >= 4 is 11.5 Å². The number of hydrogen-bond donors (Lipinski definition) is 0. The van der Waals surface area contributed by atoms with E-state index >= 15 is 0 Å². The van der Waals surface area contributed by atoms with Crippen LogP contribution < -0.4 is 0 Å². The Bertz CT molecular complexity index is 372. The summed E-state index contributed by atoms with van der Waals surface area (Å²) in [5, 5.41) is 3.96. The number of rotatable bonds is 0. The molecule has 4 nitrogen and oxygen atoms in total. The molecule has 2 rings (SSSR count). The van der Waals surface area contributed by atoms with E-state index < -0.39 is 0 Å². The van der Waals surface area contributed by atoms with Gasteiger partial charge >= 0.3 is 0 Å². The number of carbonyl (C=O) groups is 1. The first-order valence-corrected chi connectivity index (χ1v) is 3.79. The molecule has 0 unspecified atom stereocenters. The smallest absolute Gasteiger partial charge is 0.235 e. The van der Waals surface area contributed by atoms with Gasteiger partial charge in [0.2, 0.25) is 5.69 Å². The van der Waals surface area contributed by atoms with E-state index in [1.54, 1.807) is 4.68 Å². The fraction of sp³-hybridized carbons (Fsp3) is 0.375. The Hall–Kier alpha value is -1.63. The van der Waals surface area contributed by atoms with E-state index in [9.17, 15) is 4.79 Å². The molecule has 0 fully saturated rings. The Labute approximate surface area is 69.6 Å². The minimum Gasteiger partial charge on any atom is -0.294 e. The molecule has 4 heteroatoms. The molecule has 1 aliphatic heterocycles. The second kappa shape index (κ2) is 2.45. The molecule has 0 spiro atoms. The fourth-order valence-corrected chi connectivity index (χ4v) is 1.42. The molecule has 0 radical (unpaired) electrons. The number of hydrogen-bond acceptors (Lipinski definition) is 2. The molecule has 1 aromatic rings. The Morgan fingerprint density at radius 1 is 1.67 bits per heavy atom. The fourth-order valence-electron chi connectivity index (χ4n) is 1.42. The number of aromatic nitrogens is 2. The van der Waals surface area contributed by atoms with E-state index in [-0.39, 0.29) is 5.78 Å². The number of ketones is 1. The van der Waals surface area contributed by atoms with Crippen LogP contribution in [0.4, 0.5) is 5.69 Å². The van der Waals surface area contributed by atoms with Gasteiger partial charge in [0.1, 0.15) is 5.69 Å². The molecular formula is C8H7N3O. The first-order chi connectivity index (χ1) is 5.83. The maximum atomic E-state index is 11.3. The zero-order valence-electron chi connectivity index (χ0n) is 6.45. The van der Waals surface area contributed by atoms with E-state index in [1.165, 1.54) is 6.20 Å². The summed E-state index contributed by atoms with van der Waals surface area (Å²) in [5.41, 5.74) is 0.885. The zero-order valence-corrected chi connectivity index (χ0v) is 6.45. The van der Waals surface area contributed by atoms with Gasteiger partial charge in [-0.15, -0.1) is 0 Å². The second-order valence-corrected chi connectivity index (χ2v) is 2.74. The van der Waals surface area contributed by atoms with E-state index in [1.807, 2.05) is 0 Å². The third kappa shape index (κ3) is 0.832. The van der Waals surface area contributed by atoms with Gasteiger partial charge in [0.05, 0.1) is 12.8 Å². The highest BCUT2D eigenvalue weighted by Gasteiger charge is 2.21. The summed E-state index contributed by atoms with van der Waals surface area (Å²) in [6.07, 6.45) is 2.85. The molecule has 2 heterocycles. The van der Waals surface area contributed by atoms with Crippen LogP contribution in [0.3, 0.4) is 0 Å². The highest BCUT2D eigenvalue weighted by atomic mass is 16.1. The van der Waals surface area contributed by atoms with Crippen molar-refractivity contribution in [1.29, 1.82) is 0 Å². The van der Waals surface area contributed by atoms with Crippen LogP contribution in [0.2, 0.25) is 0 Å². The first kappa shape index (κ1) is 7.04. The number of nitrogens with zero attached hydrogens (tertiary/aromatic N) is 3. The van der Waals surface area contributed by atoms with Crippen molar-refractivity contribution in [3.05, 3.63) is 23.3 Å². The Morgan fingerprint density at radius 2 is 2.50 bits per heavy atom. The lowest BCUT2D eigenvalue weighted by Crippen LogP contribution is -2.17. The molecule has 0 amide bonds. The molecule has 0 saturated heterocycles. The van der Waals surface area contributed by atoms with E-state index in [0.717, 1.165) is 13.0 Å². The van der Waals surface area contributed by atoms with Crippen molar-refractivity contribution < 1.29 is 4.79 Å². The quantitative estimate of drug-likeness (QED) is 0.539. The number of Topliss-reactive ketones (excluding diaryl/α,β-unsaturated/α-hetero) is 1. The predicted octanol–water partition coefficient (Wildman–Crippen LogP) is 1.41. The number of aryl methyl sites for hydroxylation is 1. The normalized spacial score (nSPS) is 15.4. The van der Waals surface area contributed by atoms with Crippen LogP contribution in [0.25, 0.3) is 4.85 Å². The Kier molecular flexibility index (Phi) is 1.44. The standard InChI is InChI=1S/C8H7N3O/c1-9-6-5-10-11-4-2-3-7(12)8(6)11/h5H,2-4H2. The summed E-state index contributed by atoms with van der Waals surface area (Å²) >= 11 is 0. The number of fused-ring (bicyclic) bond motifs is 1. The van der Waals surface area contributed by atoms with Gasteiger partial charge in [-0.1, -0.05) is 0 Å². The lowest BCUT2D eigenvalue weighted by atomic mass is 10.1. The van der Waals surface area contributed by atoms with Gasteiger partial charge < -0.3 is 0 Å². The van der Waals surface area contributed by atoms with Gasteiger partial charge in [-0.2, -0.15) is 5.10 Å². The zero-order chi connectivity index (χ0) is 8.55. The average molecular weight is 161 g/mol. The van der Waals surface area contributed by atoms with E-state index in [4.69, 9.17) is 6.57 Å². The molecule has 1 aliphatic rings. The van der Waals surface area contributed by atoms with Crippen LogP contribution in [0.5, 0.6) is 0 Å². The summed E-state index contributed by atoms with van der Waals surface area (Å²) in [6, 6.07) is 0. The van der Waals surface area contributed by atoms with E-state index in [2.05, 4.69) is 9.94 Å². The first-order valence-electron chi connectivity index (χ1n) is 3.79. The van der Waals surface area contributed by atoms with Gasteiger partial charge in [0.15, 0.2) is 5.78 Å². The van der Waals surface area contributed by atoms with Crippen LogP contribution in [-0.2, 0) is 6.54 Å². The van der Waals surface area contributed by atoms with Crippen molar-refractivity contribution in [2.45, 2.75) is 19.4 Å². The Morgan fingerprint density at radius 3 is 3.25 bits per heavy atom. The highest BCUT2D eigenvalue weighted by molar-refractivity contribution is 6.00. The lowest BCUT2D eigenvalue weighted by molar-refractivity contribution is 0.0952. The van der Waals surface area contributed by atoms with E-state index in [0.29, 0.717) is 17.8 Å². The van der Waals surface area contributed by atoms with Gasteiger partial charge in [-0.25, -0.2) is 4.85 Å². The van der Waals surface area contributed by atoms with Crippen LogP contribution >= 0.6 is 0 Å². The van der Waals surface area contributed by atoms with Crippen molar-refractivity contribution in [2.24, 2.45) is 0 Å². The molecule has 0 saturated carbocycles. The molecule has 0 bridgehead atoms. The maximum absolute atomic E-state index is 11.3. The topological polar surface area (TPSA) is 39.2 Å². The molecule has 0 aliphatic carbocycles. The minimum absolute atomic E-state index is 0.0461. The summed E-state index contributed by atoms with van der Waals surface area (Å²) in [7, 11) is 0. The van der Waals surface area contributed by atoms with Crippen molar-refractivity contribution in [3.8, 4) is 0 Å². The monoisotopic (exact) mass is 161 g/mol. The molecule has 0 atom stereocenters. The van der Waals surface area contributed by atoms with Crippen molar-refractivity contribution in [3.63, 3.8) is 0 Å². The lowest BCUT2D eigenvalue weighted by Gasteiger charge is -2.12. The summed E-state index contributed by atoms with van der Waals surface area (Å²) in [5.74, 6) is 0.0461. The van der Waals surface area contributed by atoms with Crippen LogP contribution in [0.1, 0.15) is 23.3 Å². The summed E-state index contributed by atoms with van der Waals surface area (Å²) in [6.45, 7) is 7.57. The van der Waals surface area contributed by atoms with Gasteiger partial charge in [0, 0.05) is 13.0 Å². The highest BCUT2D eigenvalue weighted by Crippen LogP contribution is 2.24. The molecule has 1 aromatic heterocycles. The minimum atomic E-state index is 0.0461. The maximum Gasteiger partial charge on any atom is 0.235 e. The predicted molar refractivity (Wildman–Crippen MR) is 42.1 cm³/mol. The van der Waals surface area contributed by atoms with Gasteiger partial charge in [0.25, 0.3) is 0 Å². The summed E-state index contributed by atoms with van der Waals surface area (Å²) < 4.78 is 1.62. The number of carbonyl (C=O) groups excluding carboxylic acids is 1. The van der Waals surface area contributed by atoms with Crippen molar-refractivity contribution in [2.75, 3.05) is 0 Å². The molecular weight excluding hydrogens is 154 g/mol. The largest absolute Gasteiger partial charge is 0.294 e. The molecule has 0 N–H and O–H groups in total. The Balaban J connectivity index is 2.59. The molecule has 60 valence electrons. The SMILES string of the molecule is [C-]#[N+]c1cnn2c1C(=O)CCC2. The van der Waals surface area contributed by atoms with Gasteiger partial charge in [-0.3, -0.25) is 9.48 Å².